The van der Waals surface area contributed by atoms with Gasteiger partial charge in [-0.2, -0.15) is 13.2 Å². The van der Waals surface area contributed by atoms with Crippen LogP contribution in [0.25, 0.3) is 10.9 Å². The molecule has 2 heterocycles. The number of alkyl halides is 3. The van der Waals surface area contributed by atoms with E-state index in [9.17, 15) is 26.4 Å². The molecule has 1 aliphatic heterocycles. The van der Waals surface area contributed by atoms with E-state index in [1.165, 1.54) is 18.5 Å². The molecule has 1 saturated heterocycles. The van der Waals surface area contributed by atoms with Crippen molar-refractivity contribution in [2.24, 2.45) is 0 Å². The highest BCUT2D eigenvalue weighted by Gasteiger charge is 2.44. The highest BCUT2D eigenvalue weighted by atomic mass is 35.5. The number of carbonyl (C=O) groups is 1. The van der Waals surface area contributed by atoms with E-state index in [-0.39, 0.29) is 9.36 Å². The highest BCUT2D eigenvalue weighted by molar-refractivity contribution is 7.89. The second-order valence-electron chi connectivity index (χ2n) is 8.03. The Hall–Kier alpha value is -3.16. The topological polar surface area (TPSA) is 105 Å². The maximum absolute atomic E-state index is 12.9. The van der Waals surface area contributed by atoms with Crippen LogP contribution in [0, 0.1) is 0 Å². The molecule has 0 amide bonds. The van der Waals surface area contributed by atoms with Crippen LogP contribution in [0.1, 0.15) is 19.3 Å². The number of nitrogens with zero attached hydrogens (tertiary/aromatic N) is 4. The summed E-state index contributed by atoms with van der Waals surface area (Å²) in [7, 11) is -3.92. The molecule has 1 N–H and O–H groups in total. The Balaban J connectivity index is 1.75. The van der Waals surface area contributed by atoms with Crippen LogP contribution < -0.4 is 10.2 Å². The standard InChI is InChI=1S/C22H21ClF3N5O4S/c1-30(35-21(32)22(24,25)26)36(33,34)15-6-8-19(31-9-3-2-4-10-31)18(12-15)29-20-16-11-14(23)5-7-17(16)27-13-28-20/h5-8,11-13H,2-4,9-10H2,1H3,(H,27,28,29). The van der Waals surface area contributed by atoms with Gasteiger partial charge >= 0.3 is 12.1 Å². The second kappa shape index (κ2) is 10.1. The van der Waals surface area contributed by atoms with Crippen molar-refractivity contribution >= 4 is 55.7 Å². The van der Waals surface area contributed by atoms with E-state index in [0.717, 1.165) is 32.4 Å². The molecule has 0 radical (unpaired) electrons. The molecule has 3 aromatic rings. The lowest BCUT2D eigenvalue weighted by molar-refractivity contribution is -0.219. The number of hydrogen-bond donors (Lipinski definition) is 1. The average molecular weight is 544 g/mol. The minimum atomic E-state index is -5.36. The van der Waals surface area contributed by atoms with E-state index in [1.54, 1.807) is 24.3 Å². The Labute approximate surface area is 209 Å². The van der Waals surface area contributed by atoms with Crippen LogP contribution in [-0.4, -0.2) is 55.1 Å². The molecule has 1 aliphatic rings. The van der Waals surface area contributed by atoms with Gasteiger partial charge in [-0.1, -0.05) is 11.6 Å². The summed E-state index contributed by atoms with van der Waals surface area (Å²) in [4.78, 5) is 25.4. The van der Waals surface area contributed by atoms with Crippen molar-refractivity contribution < 1.29 is 31.2 Å². The fourth-order valence-corrected chi connectivity index (χ4v) is 4.95. The van der Waals surface area contributed by atoms with E-state index >= 15 is 0 Å². The lowest BCUT2D eigenvalue weighted by Crippen LogP contribution is -2.36. The number of fused-ring (bicyclic) bond motifs is 1. The number of nitrogens with one attached hydrogen (secondary N) is 1. The van der Waals surface area contributed by atoms with Crippen LogP contribution >= 0.6 is 11.6 Å². The molecule has 0 saturated carbocycles. The van der Waals surface area contributed by atoms with Gasteiger partial charge in [-0.25, -0.2) is 23.2 Å². The summed E-state index contributed by atoms with van der Waals surface area (Å²) in [6.07, 6.45) is -1.06. The fraction of sp³-hybridized carbons (Fsp3) is 0.318. The minimum absolute atomic E-state index is 0.109. The molecule has 2 aromatic carbocycles. The van der Waals surface area contributed by atoms with Gasteiger partial charge in [0.15, 0.2) is 0 Å². The molecule has 0 unspecified atom stereocenters. The molecule has 1 fully saturated rings. The first-order chi connectivity index (χ1) is 17.0. The second-order valence-corrected chi connectivity index (χ2v) is 10.4. The monoisotopic (exact) mass is 543 g/mol. The molecule has 1 aromatic heterocycles. The zero-order valence-electron chi connectivity index (χ0n) is 18.9. The Morgan fingerprint density at radius 1 is 1.11 bits per heavy atom. The van der Waals surface area contributed by atoms with Crippen LogP contribution in [0.15, 0.2) is 47.6 Å². The maximum atomic E-state index is 12.9. The molecule has 36 heavy (non-hydrogen) atoms. The van der Waals surface area contributed by atoms with E-state index in [4.69, 9.17) is 11.6 Å². The average Bonchev–Trinajstić information content (AvgIpc) is 2.84. The number of piperidine rings is 1. The molecule has 0 spiro atoms. The van der Waals surface area contributed by atoms with Crippen LogP contribution in [0.2, 0.25) is 5.02 Å². The van der Waals surface area contributed by atoms with Gasteiger partial charge in [0.05, 0.1) is 21.8 Å². The maximum Gasteiger partial charge on any atom is 0.492 e. The zero-order valence-corrected chi connectivity index (χ0v) is 20.5. The molecule has 9 nitrogen and oxygen atoms in total. The van der Waals surface area contributed by atoms with Gasteiger partial charge in [0.1, 0.15) is 12.1 Å². The molecule has 4 rings (SSSR count). The van der Waals surface area contributed by atoms with E-state index in [1.807, 2.05) is 0 Å². The van der Waals surface area contributed by atoms with Crippen LogP contribution in [0.5, 0.6) is 0 Å². The quantitative estimate of drug-likeness (QED) is 0.448. The lowest BCUT2D eigenvalue weighted by Gasteiger charge is -2.31. The van der Waals surface area contributed by atoms with Gasteiger partial charge < -0.3 is 15.1 Å². The van der Waals surface area contributed by atoms with Crippen molar-refractivity contribution in [1.82, 2.24) is 14.4 Å². The van der Waals surface area contributed by atoms with Gasteiger partial charge in [-0.3, -0.25) is 0 Å². The predicted molar refractivity (Wildman–Crippen MR) is 127 cm³/mol. The third kappa shape index (κ3) is 5.47. The molecule has 14 heteroatoms. The van der Waals surface area contributed by atoms with Gasteiger partial charge in [0.25, 0.3) is 10.0 Å². The summed E-state index contributed by atoms with van der Waals surface area (Å²) in [6.45, 7) is 1.47. The van der Waals surface area contributed by atoms with Crippen molar-refractivity contribution in [2.75, 3.05) is 30.4 Å². The van der Waals surface area contributed by atoms with Crippen molar-refractivity contribution in [1.29, 1.82) is 0 Å². The zero-order chi connectivity index (χ0) is 26.1. The summed E-state index contributed by atoms with van der Waals surface area (Å²) < 4.78 is 63.5. The number of hydrogen-bond acceptors (Lipinski definition) is 8. The third-order valence-corrected chi connectivity index (χ3v) is 7.43. The smallest absolute Gasteiger partial charge is 0.370 e. The van der Waals surface area contributed by atoms with Gasteiger partial charge in [0.2, 0.25) is 0 Å². The van der Waals surface area contributed by atoms with Gasteiger partial charge in [-0.15, -0.1) is 0 Å². The summed E-state index contributed by atoms with van der Waals surface area (Å²) in [5.41, 5.74) is 1.62. The first kappa shape index (κ1) is 25.9. The molecule has 192 valence electrons. The molecule has 0 bridgehead atoms. The van der Waals surface area contributed by atoms with Crippen molar-refractivity contribution in [2.45, 2.75) is 30.3 Å². The van der Waals surface area contributed by atoms with Crippen LogP contribution in [0.4, 0.5) is 30.4 Å². The van der Waals surface area contributed by atoms with E-state index in [0.29, 0.717) is 40.2 Å². The van der Waals surface area contributed by atoms with E-state index < -0.39 is 22.2 Å². The summed E-state index contributed by atoms with van der Waals surface area (Å²) in [5, 5.41) is 4.16. The Bertz CT molecular complexity index is 1400. The van der Waals surface area contributed by atoms with Gasteiger partial charge in [-0.05, 0) is 60.1 Å². The van der Waals surface area contributed by atoms with E-state index in [2.05, 4.69) is 25.0 Å². The number of hydroxylamine groups is 1. The lowest BCUT2D eigenvalue weighted by atomic mass is 10.1. The molecule has 0 aliphatic carbocycles. The number of rotatable bonds is 6. The van der Waals surface area contributed by atoms with Crippen molar-refractivity contribution in [3.63, 3.8) is 0 Å². The van der Waals surface area contributed by atoms with Gasteiger partial charge in [0, 0.05) is 30.5 Å². The SMILES string of the molecule is CN(OC(=O)C(F)(F)F)S(=O)(=O)c1ccc(N2CCCCC2)c(Nc2ncnc3ccc(Cl)cc23)c1. The van der Waals surface area contributed by atoms with Crippen molar-refractivity contribution in [3.8, 4) is 0 Å². The van der Waals surface area contributed by atoms with Crippen LogP contribution in [-0.2, 0) is 19.7 Å². The third-order valence-electron chi connectivity index (χ3n) is 5.59. The number of sulfonamides is 1. The number of aromatic nitrogens is 2. The predicted octanol–water partition coefficient (Wildman–Crippen LogP) is 4.66. The van der Waals surface area contributed by atoms with Crippen molar-refractivity contribution in [3.05, 3.63) is 47.7 Å². The summed E-state index contributed by atoms with van der Waals surface area (Å²) in [5.74, 6) is -2.30. The number of anilines is 3. The summed E-state index contributed by atoms with van der Waals surface area (Å²) >= 11 is 6.14. The number of benzene rings is 2. The first-order valence-electron chi connectivity index (χ1n) is 10.8. The number of halogens is 4. The Kier molecular flexibility index (Phi) is 7.25. The Morgan fingerprint density at radius 3 is 2.53 bits per heavy atom. The molecular weight excluding hydrogens is 523 g/mol. The largest absolute Gasteiger partial charge is 0.492 e. The number of carbonyl (C=O) groups excluding carboxylic acids is 1. The summed E-state index contributed by atoms with van der Waals surface area (Å²) in [6, 6.07) is 9.10. The van der Waals surface area contributed by atoms with Crippen LogP contribution in [0.3, 0.4) is 0 Å². The molecular formula is C22H21ClF3N5O4S. The minimum Gasteiger partial charge on any atom is -0.370 e. The normalized spacial score (nSPS) is 14.8. The fourth-order valence-electron chi connectivity index (χ4n) is 3.81. The molecule has 0 atom stereocenters. The highest BCUT2D eigenvalue weighted by Crippen LogP contribution is 2.35. The first-order valence-corrected chi connectivity index (χ1v) is 12.6. The Morgan fingerprint density at radius 2 is 1.83 bits per heavy atom.